The molecule has 0 fully saturated rings. The van der Waals surface area contributed by atoms with E-state index in [-0.39, 0.29) is 19.1 Å². The Bertz CT molecular complexity index is 610. The molecule has 1 aromatic carbocycles. The summed E-state index contributed by atoms with van der Waals surface area (Å²) in [5, 5.41) is 11.2. The third kappa shape index (κ3) is 5.38. The highest BCUT2D eigenvalue weighted by atomic mass is 16.5. The van der Waals surface area contributed by atoms with Gasteiger partial charge in [-0.3, -0.25) is 9.78 Å². The molecule has 0 atom stereocenters. The number of carbonyl (C=O) groups is 1. The Labute approximate surface area is 129 Å². The highest BCUT2D eigenvalue weighted by molar-refractivity contribution is 5.91. The van der Waals surface area contributed by atoms with E-state index in [4.69, 9.17) is 9.84 Å². The van der Waals surface area contributed by atoms with Crippen molar-refractivity contribution in [1.82, 2.24) is 10.3 Å². The summed E-state index contributed by atoms with van der Waals surface area (Å²) in [5.74, 6) is 0.511. The minimum atomic E-state index is -0.232. The fourth-order valence-electron chi connectivity index (χ4n) is 1.73. The van der Waals surface area contributed by atoms with E-state index in [0.29, 0.717) is 6.61 Å². The van der Waals surface area contributed by atoms with Crippen molar-refractivity contribution in [2.24, 2.45) is 0 Å². The minimum absolute atomic E-state index is 0.0676. The third-order valence-corrected chi connectivity index (χ3v) is 2.83. The van der Waals surface area contributed by atoms with Crippen LogP contribution in [0.3, 0.4) is 0 Å². The van der Waals surface area contributed by atoms with Crippen molar-refractivity contribution in [1.29, 1.82) is 0 Å². The van der Waals surface area contributed by atoms with Crippen LogP contribution in [0.4, 0.5) is 0 Å². The Balaban J connectivity index is 1.85. The Hall–Kier alpha value is -2.66. The summed E-state index contributed by atoms with van der Waals surface area (Å²) >= 11 is 0. The first-order valence-corrected chi connectivity index (χ1v) is 6.97. The lowest BCUT2D eigenvalue weighted by Crippen LogP contribution is -2.24. The normalized spacial score (nSPS) is 10.6. The van der Waals surface area contributed by atoms with Crippen molar-refractivity contribution < 1.29 is 14.6 Å². The van der Waals surface area contributed by atoms with Gasteiger partial charge in [0, 0.05) is 18.8 Å². The van der Waals surface area contributed by atoms with Gasteiger partial charge in [0.1, 0.15) is 12.4 Å². The monoisotopic (exact) mass is 298 g/mol. The van der Waals surface area contributed by atoms with E-state index in [0.717, 1.165) is 17.0 Å². The van der Waals surface area contributed by atoms with Crippen LogP contribution in [0.25, 0.3) is 6.08 Å². The lowest BCUT2D eigenvalue weighted by molar-refractivity contribution is -0.116. The highest BCUT2D eigenvalue weighted by Gasteiger charge is 1.97. The molecule has 1 amide bonds. The molecule has 1 aromatic heterocycles. The molecule has 0 saturated heterocycles. The zero-order valence-corrected chi connectivity index (χ0v) is 12.1. The Morgan fingerprint density at radius 3 is 2.73 bits per heavy atom. The standard InChI is InChI=1S/C17H18N2O3/c20-12-11-19-17(21)9-6-14-4-7-16(8-5-14)22-13-15-3-1-2-10-18-15/h1-10,20H,11-13H2,(H,19,21)/b9-6+. The van der Waals surface area contributed by atoms with Gasteiger partial charge in [-0.25, -0.2) is 0 Å². The maximum Gasteiger partial charge on any atom is 0.244 e. The fourth-order valence-corrected chi connectivity index (χ4v) is 1.73. The topological polar surface area (TPSA) is 71.5 Å². The summed E-state index contributed by atoms with van der Waals surface area (Å²) in [4.78, 5) is 15.5. The molecule has 5 nitrogen and oxygen atoms in total. The molecule has 1 heterocycles. The molecular formula is C17H18N2O3. The van der Waals surface area contributed by atoms with Crippen LogP contribution in [0.1, 0.15) is 11.3 Å². The van der Waals surface area contributed by atoms with Crippen molar-refractivity contribution in [3.8, 4) is 5.75 Å². The van der Waals surface area contributed by atoms with Gasteiger partial charge in [0.25, 0.3) is 0 Å². The molecule has 0 aliphatic rings. The molecule has 0 radical (unpaired) electrons. The number of aliphatic hydroxyl groups is 1. The van der Waals surface area contributed by atoms with E-state index in [9.17, 15) is 4.79 Å². The number of amides is 1. The molecule has 0 spiro atoms. The van der Waals surface area contributed by atoms with E-state index in [1.165, 1.54) is 6.08 Å². The lowest BCUT2D eigenvalue weighted by Gasteiger charge is -2.05. The van der Waals surface area contributed by atoms with E-state index in [1.807, 2.05) is 42.5 Å². The second-order valence-corrected chi connectivity index (χ2v) is 4.53. The van der Waals surface area contributed by atoms with Gasteiger partial charge in [0.05, 0.1) is 12.3 Å². The molecule has 0 unspecified atom stereocenters. The van der Waals surface area contributed by atoms with Gasteiger partial charge >= 0.3 is 0 Å². The molecule has 0 bridgehead atoms. The van der Waals surface area contributed by atoms with Crippen LogP contribution in [0.15, 0.2) is 54.7 Å². The van der Waals surface area contributed by atoms with Gasteiger partial charge in [0.2, 0.25) is 5.91 Å². The molecule has 114 valence electrons. The van der Waals surface area contributed by atoms with Crippen LogP contribution >= 0.6 is 0 Å². The summed E-state index contributed by atoms with van der Waals surface area (Å²) < 4.78 is 5.63. The highest BCUT2D eigenvalue weighted by Crippen LogP contribution is 2.14. The molecule has 2 rings (SSSR count). The number of rotatable bonds is 7. The second kappa shape index (κ2) is 8.59. The molecule has 2 N–H and O–H groups in total. The van der Waals surface area contributed by atoms with Gasteiger partial charge in [-0.05, 0) is 35.9 Å². The number of hydrogen-bond acceptors (Lipinski definition) is 4. The number of benzene rings is 1. The summed E-state index contributed by atoms with van der Waals surface area (Å²) in [6.45, 7) is 0.602. The minimum Gasteiger partial charge on any atom is -0.487 e. The van der Waals surface area contributed by atoms with Crippen LogP contribution in [-0.4, -0.2) is 29.1 Å². The summed E-state index contributed by atoms with van der Waals surface area (Å²) in [5.41, 5.74) is 1.76. The average Bonchev–Trinajstić information content (AvgIpc) is 2.58. The van der Waals surface area contributed by atoms with Crippen LogP contribution in [0.5, 0.6) is 5.75 Å². The predicted molar refractivity (Wildman–Crippen MR) is 84.1 cm³/mol. The maximum absolute atomic E-state index is 11.4. The van der Waals surface area contributed by atoms with Crippen LogP contribution in [0.2, 0.25) is 0 Å². The van der Waals surface area contributed by atoms with Crippen molar-refractivity contribution in [2.45, 2.75) is 6.61 Å². The first-order chi connectivity index (χ1) is 10.8. The second-order valence-electron chi connectivity index (χ2n) is 4.53. The number of pyridine rings is 1. The molecular weight excluding hydrogens is 280 g/mol. The first kappa shape index (κ1) is 15.7. The molecule has 0 aliphatic carbocycles. The SMILES string of the molecule is O=C(/C=C/c1ccc(OCc2ccccn2)cc1)NCCO. The van der Waals surface area contributed by atoms with Crippen molar-refractivity contribution >= 4 is 12.0 Å². The number of carbonyl (C=O) groups excluding carboxylic acids is 1. The number of nitrogens with one attached hydrogen (secondary N) is 1. The van der Waals surface area contributed by atoms with Crippen molar-refractivity contribution in [2.75, 3.05) is 13.2 Å². The van der Waals surface area contributed by atoms with E-state index in [2.05, 4.69) is 10.3 Å². The molecule has 2 aromatic rings. The Morgan fingerprint density at radius 2 is 2.05 bits per heavy atom. The number of ether oxygens (including phenoxy) is 1. The summed E-state index contributed by atoms with van der Waals surface area (Å²) in [6, 6.07) is 13.1. The maximum atomic E-state index is 11.4. The Morgan fingerprint density at radius 1 is 1.23 bits per heavy atom. The van der Waals surface area contributed by atoms with Crippen LogP contribution in [0, 0.1) is 0 Å². The van der Waals surface area contributed by atoms with E-state index >= 15 is 0 Å². The smallest absolute Gasteiger partial charge is 0.244 e. The molecule has 22 heavy (non-hydrogen) atoms. The quantitative estimate of drug-likeness (QED) is 0.764. The largest absolute Gasteiger partial charge is 0.487 e. The number of nitrogens with zero attached hydrogens (tertiary/aromatic N) is 1. The zero-order valence-electron chi connectivity index (χ0n) is 12.1. The van der Waals surface area contributed by atoms with Crippen molar-refractivity contribution in [3.63, 3.8) is 0 Å². The van der Waals surface area contributed by atoms with E-state index < -0.39 is 0 Å². The first-order valence-electron chi connectivity index (χ1n) is 6.97. The van der Waals surface area contributed by atoms with Gasteiger partial charge in [-0.15, -0.1) is 0 Å². The van der Waals surface area contributed by atoms with Gasteiger partial charge < -0.3 is 15.2 Å². The summed E-state index contributed by atoms with van der Waals surface area (Å²) in [6.07, 6.45) is 4.86. The van der Waals surface area contributed by atoms with Gasteiger partial charge in [-0.2, -0.15) is 0 Å². The number of aromatic nitrogens is 1. The third-order valence-electron chi connectivity index (χ3n) is 2.83. The van der Waals surface area contributed by atoms with Gasteiger partial charge in [-0.1, -0.05) is 18.2 Å². The van der Waals surface area contributed by atoms with Gasteiger partial charge in [0.15, 0.2) is 0 Å². The van der Waals surface area contributed by atoms with Crippen molar-refractivity contribution in [3.05, 3.63) is 66.0 Å². The zero-order chi connectivity index (χ0) is 15.6. The fraction of sp³-hybridized carbons (Fsp3) is 0.176. The average molecular weight is 298 g/mol. The lowest BCUT2D eigenvalue weighted by atomic mass is 10.2. The Kier molecular flexibility index (Phi) is 6.14. The summed E-state index contributed by atoms with van der Waals surface area (Å²) in [7, 11) is 0. The number of aliphatic hydroxyl groups excluding tert-OH is 1. The molecule has 5 heteroatoms. The van der Waals surface area contributed by atoms with Crippen LogP contribution < -0.4 is 10.1 Å². The molecule has 0 aliphatic heterocycles. The van der Waals surface area contributed by atoms with Crippen LogP contribution in [-0.2, 0) is 11.4 Å². The predicted octanol–water partition coefficient (Wildman–Crippen LogP) is 1.78. The van der Waals surface area contributed by atoms with E-state index in [1.54, 1.807) is 12.3 Å². The molecule has 0 saturated carbocycles. The number of hydrogen-bond donors (Lipinski definition) is 2.